The lowest BCUT2D eigenvalue weighted by Gasteiger charge is -2.60. The summed E-state index contributed by atoms with van der Waals surface area (Å²) >= 11 is 0. The van der Waals surface area contributed by atoms with Gasteiger partial charge in [-0.15, -0.1) is 0 Å². The minimum absolute atomic E-state index is 0.165. The Morgan fingerprint density at radius 1 is 1.22 bits per heavy atom. The lowest BCUT2D eigenvalue weighted by molar-refractivity contribution is -0.188. The molecule has 4 rings (SSSR count). The van der Waals surface area contributed by atoms with Crippen LogP contribution in [0.1, 0.15) is 52.4 Å². The van der Waals surface area contributed by atoms with Gasteiger partial charge in [0.2, 0.25) is 0 Å². The third-order valence-corrected chi connectivity index (χ3v) is 5.68. The van der Waals surface area contributed by atoms with Crippen molar-refractivity contribution in [2.45, 2.75) is 58.0 Å². The normalized spacial score (nSPS) is 45.4. The fourth-order valence-electron chi connectivity index (χ4n) is 5.57. The van der Waals surface area contributed by atoms with Crippen molar-refractivity contribution in [3.63, 3.8) is 0 Å². The maximum absolute atomic E-state index is 8.66. The third kappa shape index (κ3) is 1.97. The molecule has 0 spiro atoms. The van der Waals surface area contributed by atoms with Gasteiger partial charge in [0.25, 0.3) is 0 Å². The summed E-state index contributed by atoms with van der Waals surface area (Å²) in [6.07, 6.45) is 7.26. The second-order valence-corrected chi connectivity index (χ2v) is 7.23. The topological polar surface area (TPSA) is 33.0 Å². The van der Waals surface area contributed by atoms with Gasteiger partial charge >= 0.3 is 0 Å². The van der Waals surface area contributed by atoms with E-state index in [0.717, 1.165) is 29.6 Å². The molecule has 4 bridgehead atoms. The van der Waals surface area contributed by atoms with E-state index in [0.29, 0.717) is 13.0 Å². The SMILES string of the molecule is CC(C)C1C2CC3CC1CC(OCCC#N)(C3)C2. The van der Waals surface area contributed by atoms with E-state index in [2.05, 4.69) is 19.9 Å². The van der Waals surface area contributed by atoms with Crippen molar-refractivity contribution in [2.75, 3.05) is 6.61 Å². The summed E-state index contributed by atoms with van der Waals surface area (Å²) < 4.78 is 6.19. The lowest BCUT2D eigenvalue weighted by Crippen LogP contribution is -2.56. The van der Waals surface area contributed by atoms with Crippen LogP contribution in [0.4, 0.5) is 0 Å². The van der Waals surface area contributed by atoms with Crippen LogP contribution in [-0.2, 0) is 4.74 Å². The summed E-state index contributed by atoms with van der Waals surface area (Å²) in [6, 6.07) is 2.20. The monoisotopic (exact) mass is 247 g/mol. The van der Waals surface area contributed by atoms with Gasteiger partial charge < -0.3 is 4.74 Å². The van der Waals surface area contributed by atoms with Crippen molar-refractivity contribution < 1.29 is 4.74 Å². The van der Waals surface area contributed by atoms with Crippen LogP contribution in [-0.4, -0.2) is 12.2 Å². The number of ether oxygens (including phenoxy) is 1. The smallest absolute Gasteiger partial charge is 0.0691 e. The molecule has 4 aliphatic carbocycles. The summed E-state index contributed by atoms with van der Waals surface area (Å²) in [7, 11) is 0. The second kappa shape index (κ2) is 4.53. The highest BCUT2D eigenvalue weighted by atomic mass is 16.5. The zero-order valence-electron chi connectivity index (χ0n) is 11.7. The lowest BCUT2D eigenvalue weighted by atomic mass is 9.48. The average Bonchev–Trinajstić information content (AvgIpc) is 2.26. The van der Waals surface area contributed by atoms with E-state index < -0.39 is 0 Å². The quantitative estimate of drug-likeness (QED) is 0.708. The molecular weight excluding hydrogens is 222 g/mol. The van der Waals surface area contributed by atoms with Crippen molar-refractivity contribution in [2.24, 2.45) is 29.6 Å². The Balaban J connectivity index is 1.72. The highest BCUT2D eigenvalue weighted by molar-refractivity contribution is 5.06. The molecule has 0 aromatic rings. The minimum atomic E-state index is 0.165. The Labute approximate surface area is 111 Å². The van der Waals surface area contributed by atoms with Crippen LogP contribution in [0.25, 0.3) is 0 Å². The van der Waals surface area contributed by atoms with Crippen molar-refractivity contribution in [3.8, 4) is 6.07 Å². The molecule has 0 radical (unpaired) electrons. The zero-order valence-corrected chi connectivity index (χ0v) is 11.7. The van der Waals surface area contributed by atoms with E-state index in [-0.39, 0.29) is 5.60 Å². The van der Waals surface area contributed by atoms with E-state index in [1.807, 2.05) is 0 Å². The van der Waals surface area contributed by atoms with Crippen LogP contribution in [0.5, 0.6) is 0 Å². The van der Waals surface area contributed by atoms with Gasteiger partial charge in [-0.2, -0.15) is 5.26 Å². The molecule has 0 saturated heterocycles. The van der Waals surface area contributed by atoms with E-state index >= 15 is 0 Å². The summed E-state index contributed by atoms with van der Waals surface area (Å²) in [5, 5.41) is 8.66. The van der Waals surface area contributed by atoms with Crippen LogP contribution in [0, 0.1) is 40.9 Å². The van der Waals surface area contributed by atoms with Gasteiger partial charge in [0.1, 0.15) is 0 Å². The first-order valence-corrected chi connectivity index (χ1v) is 7.64. The highest BCUT2D eigenvalue weighted by Crippen LogP contribution is 2.61. The highest BCUT2D eigenvalue weighted by Gasteiger charge is 2.56. The van der Waals surface area contributed by atoms with Crippen molar-refractivity contribution in [1.82, 2.24) is 0 Å². The fourth-order valence-corrected chi connectivity index (χ4v) is 5.57. The number of hydrogen-bond donors (Lipinski definition) is 0. The van der Waals surface area contributed by atoms with Crippen LogP contribution in [0.15, 0.2) is 0 Å². The number of rotatable bonds is 4. The minimum Gasteiger partial charge on any atom is -0.374 e. The molecule has 0 amide bonds. The molecule has 2 atom stereocenters. The predicted molar refractivity (Wildman–Crippen MR) is 70.8 cm³/mol. The Morgan fingerprint density at radius 2 is 1.89 bits per heavy atom. The Hall–Kier alpha value is -0.550. The van der Waals surface area contributed by atoms with Gasteiger partial charge in [-0.05, 0) is 61.7 Å². The van der Waals surface area contributed by atoms with E-state index in [1.54, 1.807) is 0 Å². The molecule has 0 aliphatic heterocycles. The Morgan fingerprint density at radius 3 is 2.44 bits per heavy atom. The third-order valence-electron chi connectivity index (χ3n) is 5.68. The van der Waals surface area contributed by atoms with Crippen LogP contribution >= 0.6 is 0 Å². The molecule has 2 heteroatoms. The molecule has 18 heavy (non-hydrogen) atoms. The largest absolute Gasteiger partial charge is 0.374 e. The fraction of sp³-hybridized carbons (Fsp3) is 0.938. The Bertz CT molecular complexity index is 341. The van der Waals surface area contributed by atoms with Crippen LogP contribution in [0.3, 0.4) is 0 Å². The Kier molecular flexibility index (Phi) is 3.14. The van der Waals surface area contributed by atoms with Gasteiger partial charge in [0.15, 0.2) is 0 Å². The first kappa shape index (κ1) is 12.5. The van der Waals surface area contributed by atoms with Gasteiger partial charge in [0.05, 0.1) is 24.7 Å². The first-order valence-electron chi connectivity index (χ1n) is 7.64. The van der Waals surface area contributed by atoms with Gasteiger partial charge in [-0.1, -0.05) is 13.8 Å². The average molecular weight is 247 g/mol. The number of hydrogen-bond acceptors (Lipinski definition) is 2. The van der Waals surface area contributed by atoms with Gasteiger partial charge in [-0.25, -0.2) is 0 Å². The maximum Gasteiger partial charge on any atom is 0.0691 e. The number of nitriles is 1. The summed E-state index contributed by atoms with van der Waals surface area (Å²) in [5.41, 5.74) is 0.165. The molecule has 100 valence electrons. The van der Waals surface area contributed by atoms with E-state index in [9.17, 15) is 0 Å². The maximum atomic E-state index is 8.66. The van der Waals surface area contributed by atoms with E-state index in [1.165, 1.54) is 32.1 Å². The number of nitrogens with zero attached hydrogens (tertiary/aromatic N) is 1. The molecule has 4 aliphatic rings. The molecule has 0 aromatic carbocycles. The molecule has 0 heterocycles. The van der Waals surface area contributed by atoms with Gasteiger partial charge in [0, 0.05) is 0 Å². The summed E-state index contributed by atoms with van der Waals surface area (Å²) in [5.74, 6) is 4.49. The van der Waals surface area contributed by atoms with Crippen molar-refractivity contribution in [3.05, 3.63) is 0 Å². The molecule has 2 unspecified atom stereocenters. The summed E-state index contributed by atoms with van der Waals surface area (Å²) in [4.78, 5) is 0. The molecule has 4 fully saturated rings. The standard InChI is InChI=1S/C16H25NO/c1-11(2)15-13-6-12-7-14(15)10-16(8-12,9-13)18-5-3-4-17/h11-15H,3,5-10H2,1-2H3. The van der Waals surface area contributed by atoms with Crippen LogP contribution < -0.4 is 0 Å². The van der Waals surface area contributed by atoms with Crippen molar-refractivity contribution in [1.29, 1.82) is 5.26 Å². The molecule has 0 aromatic heterocycles. The zero-order chi connectivity index (χ0) is 12.8. The van der Waals surface area contributed by atoms with Crippen molar-refractivity contribution >= 4 is 0 Å². The molecule has 0 N–H and O–H groups in total. The second-order valence-electron chi connectivity index (χ2n) is 7.23. The van der Waals surface area contributed by atoms with E-state index in [4.69, 9.17) is 10.00 Å². The first-order chi connectivity index (χ1) is 8.63. The van der Waals surface area contributed by atoms with Gasteiger partial charge in [-0.3, -0.25) is 0 Å². The predicted octanol–water partition coefficient (Wildman–Crippen LogP) is 3.77. The summed E-state index contributed by atoms with van der Waals surface area (Å²) in [6.45, 7) is 5.45. The molecular formula is C16H25NO. The molecule has 4 saturated carbocycles. The molecule has 2 nitrogen and oxygen atoms in total. The van der Waals surface area contributed by atoms with Crippen LogP contribution in [0.2, 0.25) is 0 Å².